The first kappa shape index (κ1) is 14.6. The summed E-state index contributed by atoms with van der Waals surface area (Å²) in [5, 5.41) is 5.67. The van der Waals surface area contributed by atoms with E-state index in [0.717, 1.165) is 11.3 Å². The molecule has 1 aliphatic carbocycles. The fourth-order valence-electron chi connectivity index (χ4n) is 3.23. The second-order valence-corrected chi connectivity index (χ2v) is 6.64. The van der Waals surface area contributed by atoms with Crippen LogP contribution in [0.3, 0.4) is 0 Å². The average molecular weight is 300 g/mol. The third-order valence-electron chi connectivity index (χ3n) is 4.18. The van der Waals surface area contributed by atoms with Crippen LogP contribution in [-0.2, 0) is 4.79 Å². The molecule has 1 heterocycles. The van der Waals surface area contributed by atoms with Crippen molar-refractivity contribution in [3.63, 3.8) is 0 Å². The lowest BCUT2D eigenvalue weighted by molar-refractivity contribution is -0.118. The zero-order valence-corrected chi connectivity index (χ0v) is 13.0. The number of nitrogens with one attached hydrogen (secondary N) is 2. The molecule has 1 aromatic rings. The summed E-state index contributed by atoms with van der Waals surface area (Å²) in [5.74, 6) is 0.794. The predicted octanol–water partition coefficient (Wildman–Crippen LogP) is 2.69. The summed E-state index contributed by atoms with van der Waals surface area (Å²) < 4.78 is 5.24. The minimum atomic E-state index is -0.414. The van der Waals surface area contributed by atoms with Crippen molar-refractivity contribution in [3.05, 3.63) is 41.1 Å². The first-order valence-corrected chi connectivity index (χ1v) is 7.37. The van der Waals surface area contributed by atoms with E-state index in [1.165, 1.54) is 0 Å². The lowest BCUT2D eigenvalue weighted by Gasteiger charge is -2.38. The Labute approximate surface area is 129 Å². The summed E-state index contributed by atoms with van der Waals surface area (Å²) in [6, 6.07) is 6.78. The Kier molecular flexibility index (Phi) is 3.43. The Bertz CT molecular complexity index is 676. The molecule has 5 nitrogen and oxygen atoms in total. The molecule has 0 radical (unpaired) electrons. The molecule has 116 valence electrons. The molecule has 0 bridgehead atoms. The van der Waals surface area contributed by atoms with E-state index in [-0.39, 0.29) is 17.2 Å². The third-order valence-corrected chi connectivity index (χ3v) is 4.18. The van der Waals surface area contributed by atoms with Crippen molar-refractivity contribution in [2.45, 2.75) is 32.7 Å². The summed E-state index contributed by atoms with van der Waals surface area (Å²) >= 11 is 0. The molecule has 1 atom stereocenters. The van der Waals surface area contributed by atoms with Crippen LogP contribution in [0.15, 0.2) is 35.5 Å². The highest BCUT2D eigenvalue weighted by Crippen LogP contribution is 2.41. The Morgan fingerprint density at radius 2 is 2.00 bits per heavy atom. The quantitative estimate of drug-likeness (QED) is 0.882. The van der Waals surface area contributed by atoms with Gasteiger partial charge in [-0.1, -0.05) is 26.0 Å². The minimum Gasteiger partial charge on any atom is -0.497 e. The number of benzene rings is 1. The van der Waals surface area contributed by atoms with Gasteiger partial charge in [0, 0.05) is 17.7 Å². The van der Waals surface area contributed by atoms with Crippen LogP contribution in [0.25, 0.3) is 0 Å². The van der Waals surface area contributed by atoms with Crippen molar-refractivity contribution >= 4 is 11.8 Å². The first-order valence-electron chi connectivity index (χ1n) is 7.37. The minimum absolute atomic E-state index is 0.0894. The van der Waals surface area contributed by atoms with Crippen molar-refractivity contribution in [2.75, 3.05) is 7.11 Å². The van der Waals surface area contributed by atoms with E-state index < -0.39 is 6.04 Å². The lowest BCUT2D eigenvalue weighted by Crippen LogP contribution is -2.48. The predicted molar refractivity (Wildman–Crippen MR) is 82.5 cm³/mol. The van der Waals surface area contributed by atoms with Crippen LogP contribution in [0.1, 0.15) is 38.3 Å². The zero-order chi connectivity index (χ0) is 15.9. The van der Waals surface area contributed by atoms with Crippen molar-refractivity contribution in [3.8, 4) is 5.75 Å². The van der Waals surface area contributed by atoms with Gasteiger partial charge in [-0.25, -0.2) is 4.79 Å². The molecule has 0 saturated carbocycles. The smallest absolute Gasteiger partial charge is 0.319 e. The molecule has 0 saturated heterocycles. The summed E-state index contributed by atoms with van der Waals surface area (Å²) in [5.41, 5.74) is 2.15. The van der Waals surface area contributed by atoms with Crippen LogP contribution >= 0.6 is 0 Å². The number of hydrogen-bond donors (Lipinski definition) is 2. The van der Waals surface area contributed by atoms with Gasteiger partial charge in [-0.15, -0.1) is 0 Å². The van der Waals surface area contributed by atoms with Gasteiger partial charge in [0.2, 0.25) is 0 Å². The van der Waals surface area contributed by atoms with E-state index in [9.17, 15) is 9.59 Å². The molecule has 2 aliphatic rings. The maximum absolute atomic E-state index is 12.6. The molecule has 5 heteroatoms. The molecule has 2 amide bonds. The third kappa shape index (κ3) is 2.58. The topological polar surface area (TPSA) is 67.4 Å². The number of methoxy groups -OCH3 is 1. The monoisotopic (exact) mass is 300 g/mol. The highest BCUT2D eigenvalue weighted by atomic mass is 16.5. The maximum atomic E-state index is 12.6. The molecule has 0 spiro atoms. The lowest BCUT2D eigenvalue weighted by atomic mass is 9.73. The van der Waals surface area contributed by atoms with Gasteiger partial charge in [-0.2, -0.15) is 0 Å². The largest absolute Gasteiger partial charge is 0.497 e. The second kappa shape index (κ2) is 5.16. The van der Waals surface area contributed by atoms with E-state index in [1.807, 2.05) is 38.1 Å². The number of amides is 2. The van der Waals surface area contributed by atoms with E-state index in [4.69, 9.17) is 4.74 Å². The standard InChI is InChI=1S/C17H20N2O3/c1-17(2)8-12-14(13(20)9-17)15(19-16(21)18-12)10-5-4-6-11(7-10)22-3/h4-7,15H,8-9H2,1-3H3,(H2,18,19,21)/t15-/m1/s1. The van der Waals surface area contributed by atoms with Crippen LogP contribution in [-0.4, -0.2) is 18.9 Å². The highest BCUT2D eigenvalue weighted by Gasteiger charge is 2.40. The van der Waals surface area contributed by atoms with Crippen LogP contribution in [0.5, 0.6) is 5.75 Å². The van der Waals surface area contributed by atoms with E-state index >= 15 is 0 Å². The molecule has 0 fully saturated rings. The molecular weight excluding hydrogens is 280 g/mol. The van der Waals surface area contributed by atoms with Gasteiger partial charge in [-0.05, 0) is 29.5 Å². The number of urea groups is 1. The molecule has 1 aliphatic heterocycles. The molecule has 22 heavy (non-hydrogen) atoms. The van der Waals surface area contributed by atoms with Gasteiger partial charge in [-0.3, -0.25) is 4.79 Å². The fourth-order valence-corrected chi connectivity index (χ4v) is 3.23. The van der Waals surface area contributed by atoms with Crippen molar-refractivity contribution in [2.24, 2.45) is 5.41 Å². The number of hydrogen-bond acceptors (Lipinski definition) is 3. The van der Waals surface area contributed by atoms with Gasteiger partial charge >= 0.3 is 6.03 Å². The van der Waals surface area contributed by atoms with Gasteiger partial charge in [0.05, 0.1) is 13.2 Å². The Balaban J connectivity index is 2.06. The van der Waals surface area contributed by atoms with Gasteiger partial charge in [0.15, 0.2) is 5.78 Å². The fraction of sp³-hybridized carbons (Fsp3) is 0.412. The van der Waals surface area contributed by atoms with Crippen molar-refractivity contribution in [1.82, 2.24) is 10.6 Å². The number of carbonyl (C=O) groups is 2. The number of carbonyl (C=O) groups excluding carboxylic acids is 2. The summed E-state index contributed by atoms with van der Waals surface area (Å²) in [7, 11) is 1.60. The Morgan fingerprint density at radius 3 is 2.73 bits per heavy atom. The van der Waals surface area contributed by atoms with E-state index in [2.05, 4.69) is 10.6 Å². The van der Waals surface area contributed by atoms with Crippen molar-refractivity contribution < 1.29 is 14.3 Å². The number of ether oxygens (including phenoxy) is 1. The van der Waals surface area contributed by atoms with Gasteiger partial charge in [0.25, 0.3) is 0 Å². The van der Waals surface area contributed by atoms with E-state index in [1.54, 1.807) is 7.11 Å². The summed E-state index contributed by atoms with van der Waals surface area (Å²) in [4.78, 5) is 24.6. The summed E-state index contributed by atoms with van der Waals surface area (Å²) in [6.07, 6.45) is 1.19. The molecule has 0 aromatic heterocycles. The Morgan fingerprint density at radius 1 is 1.23 bits per heavy atom. The molecule has 1 aromatic carbocycles. The molecular formula is C17H20N2O3. The zero-order valence-electron chi connectivity index (χ0n) is 13.0. The van der Waals surface area contributed by atoms with Crippen LogP contribution in [0.4, 0.5) is 4.79 Å². The first-order chi connectivity index (χ1) is 10.4. The van der Waals surface area contributed by atoms with Crippen LogP contribution in [0.2, 0.25) is 0 Å². The molecule has 3 rings (SSSR count). The SMILES string of the molecule is COc1cccc([C@H]2NC(=O)NC3=C2C(=O)CC(C)(C)C3)c1. The summed E-state index contributed by atoms with van der Waals surface area (Å²) in [6.45, 7) is 4.09. The number of Topliss-reactive ketones (excluding diaryl/α,β-unsaturated/α-hetero) is 1. The highest BCUT2D eigenvalue weighted by molar-refractivity contribution is 6.01. The maximum Gasteiger partial charge on any atom is 0.319 e. The van der Waals surface area contributed by atoms with Gasteiger partial charge in [0.1, 0.15) is 5.75 Å². The Hall–Kier alpha value is -2.30. The molecule has 0 unspecified atom stereocenters. The number of rotatable bonds is 2. The average Bonchev–Trinajstić information content (AvgIpc) is 2.44. The van der Waals surface area contributed by atoms with Crippen LogP contribution < -0.4 is 15.4 Å². The van der Waals surface area contributed by atoms with Crippen molar-refractivity contribution in [1.29, 1.82) is 0 Å². The van der Waals surface area contributed by atoms with Gasteiger partial charge < -0.3 is 15.4 Å². The number of allylic oxidation sites excluding steroid dienone is 1. The normalized spacial score (nSPS) is 23.5. The van der Waals surface area contributed by atoms with E-state index in [0.29, 0.717) is 24.2 Å². The van der Waals surface area contributed by atoms with Crippen LogP contribution in [0, 0.1) is 5.41 Å². The molecule has 2 N–H and O–H groups in total. The number of ketones is 1. The second-order valence-electron chi connectivity index (χ2n) is 6.64.